The number of furan rings is 1. The second-order valence-electron chi connectivity index (χ2n) is 6.82. The van der Waals surface area contributed by atoms with E-state index in [4.69, 9.17) is 4.42 Å². The van der Waals surface area contributed by atoms with Gasteiger partial charge in [-0.3, -0.25) is 4.79 Å². The number of carbonyl (C=O) groups is 1. The van der Waals surface area contributed by atoms with E-state index in [9.17, 15) is 4.79 Å². The molecule has 0 unspecified atom stereocenters. The molecule has 0 aliphatic rings. The van der Waals surface area contributed by atoms with Crippen molar-refractivity contribution >= 4 is 23.4 Å². The van der Waals surface area contributed by atoms with E-state index in [-0.39, 0.29) is 5.91 Å². The Labute approximate surface area is 165 Å². The Balaban J connectivity index is 1.83. The highest BCUT2D eigenvalue weighted by atomic mass is 32.2. The van der Waals surface area contributed by atoms with Crippen LogP contribution in [-0.2, 0) is 5.75 Å². The van der Waals surface area contributed by atoms with Crippen molar-refractivity contribution in [3.8, 4) is 0 Å². The maximum atomic E-state index is 12.3. The van der Waals surface area contributed by atoms with Gasteiger partial charge in [0.15, 0.2) is 5.76 Å². The Bertz CT molecular complexity index is 945. The van der Waals surface area contributed by atoms with Gasteiger partial charge in [0.05, 0.1) is 12.0 Å². The van der Waals surface area contributed by atoms with Gasteiger partial charge in [-0.25, -0.2) is 0 Å². The summed E-state index contributed by atoms with van der Waals surface area (Å²) in [6.07, 6.45) is 1.50. The lowest BCUT2D eigenvalue weighted by Gasteiger charge is -2.19. The molecule has 1 aromatic heterocycles. The molecule has 3 rings (SSSR count). The minimum atomic E-state index is -0.234. The molecule has 0 atom stereocenters. The molecule has 0 aliphatic carbocycles. The molecule has 0 bridgehead atoms. The van der Waals surface area contributed by atoms with Crippen LogP contribution in [0, 0.1) is 34.6 Å². The van der Waals surface area contributed by atoms with E-state index in [2.05, 4.69) is 39.9 Å². The first-order chi connectivity index (χ1) is 12.9. The molecule has 27 heavy (non-hydrogen) atoms. The van der Waals surface area contributed by atoms with Gasteiger partial charge in [-0.2, -0.15) is 0 Å². The summed E-state index contributed by atoms with van der Waals surface area (Å²) in [6.45, 7) is 11.0. The molecule has 1 N–H and O–H groups in total. The third-order valence-electron chi connectivity index (χ3n) is 5.41. The van der Waals surface area contributed by atoms with E-state index in [1.54, 1.807) is 23.9 Å². The Morgan fingerprint density at radius 3 is 2.15 bits per heavy atom. The van der Waals surface area contributed by atoms with Crippen molar-refractivity contribution in [2.75, 3.05) is 5.32 Å². The van der Waals surface area contributed by atoms with Crippen LogP contribution in [0.1, 0.15) is 43.9 Å². The van der Waals surface area contributed by atoms with Crippen LogP contribution in [0.5, 0.6) is 0 Å². The van der Waals surface area contributed by atoms with Crippen LogP contribution in [0.4, 0.5) is 5.69 Å². The monoisotopic (exact) mass is 379 g/mol. The van der Waals surface area contributed by atoms with Gasteiger partial charge in [-0.15, -0.1) is 11.8 Å². The zero-order valence-corrected chi connectivity index (χ0v) is 17.3. The number of para-hydroxylation sites is 1. The highest BCUT2D eigenvalue weighted by Gasteiger charge is 2.15. The summed E-state index contributed by atoms with van der Waals surface area (Å²) in [4.78, 5) is 13.4. The summed E-state index contributed by atoms with van der Waals surface area (Å²) < 4.78 is 5.19. The summed E-state index contributed by atoms with van der Waals surface area (Å²) in [5.41, 5.74) is 9.03. The van der Waals surface area contributed by atoms with Crippen LogP contribution in [-0.4, -0.2) is 5.91 Å². The van der Waals surface area contributed by atoms with Crippen molar-refractivity contribution in [2.24, 2.45) is 0 Å². The van der Waals surface area contributed by atoms with Gasteiger partial charge < -0.3 is 9.73 Å². The summed E-state index contributed by atoms with van der Waals surface area (Å²) >= 11 is 1.75. The van der Waals surface area contributed by atoms with Gasteiger partial charge in [0.25, 0.3) is 5.91 Å². The number of hydrogen-bond donors (Lipinski definition) is 1. The van der Waals surface area contributed by atoms with Gasteiger partial charge in [0, 0.05) is 10.6 Å². The fourth-order valence-corrected chi connectivity index (χ4v) is 4.41. The first-order valence-corrected chi connectivity index (χ1v) is 10.0. The third kappa shape index (κ3) is 3.96. The molecular formula is C23H25NO2S. The SMILES string of the molecule is Cc1c(C)c(C)c(CSc2ccccc2NC(=O)c2ccco2)c(C)c1C. The molecule has 3 aromatic rings. The Kier molecular flexibility index (Phi) is 5.76. The fraction of sp³-hybridized carbons (Fsp3) is 0.261. The van der Waals surface area contributed by atoms with E-state index < -0.39 is 0 Å². The molecule has 0 fully saturated rings. The third-order valence-corrected chi connectivity index (χ3v) is 6.51. The molecule has 2 aromatic carbocycles. The topological polar surface area (TPSA) is 42.2 Å². The fourth-order valence-electron chi connectivity index (χ4n) is 3.23. The average Bonchev–Trinajstić information content (AvgIpc) is 3.21. The van der Waals surface area contributed by atoms with E-state index in [1.807, 2.05) is 24.3 Å². The standard InChI is InChI=1S/C23H25NO2S/c1-14-15(2)17(4)19(18(5)16(14)3)13-27-22-11-7-6-9-20(22)24-23(25)21-10-8-12-26-21/h6-12H,13H2,1-5H3,(H,24,25). The zero-order chi connectivity index (χ0) is 19.6. The molecule has 4 heteroatoms. The number of anilines is 1. The molecule has 0 radical (unpaired) electrons. The summed E-state index contributed by atoms with van der Waals surface area (Å²) in [5, 5.41) is 2.96. The summed E-state index contributed by atoms with van der Waals surface area (Å²) in [5.74, 6) is 0.946. The second kappa shape index (κ2) is 8.05. The molecule has 0 saturated heterocycles. The van der Waals surface area contributed by atoms with Gasteiger partial charge in [0.2, 0.25) is 0 Å². The van der Waals surface area contributed by atoms with E-state index in [1.165, 1.54) is 39.6 Å². The van der Waals surface area contributed by atoms with Crippen molar-refractivity contribution in [3.05, 3.63) is 81.8 Å². The minimum Gasteiger partial charge on any atom is -0.459 e. The van der Waals surface area contributed by atoms with Crippen LogP contribution in [0.3, 0.4) is 0 Å². The lowest BCUT2D eigenvalue weighted by atomic mass is 9.90. The maximum Gasteiger partial charge on any atom is 0.291 e. The van der Waals surface area contributed by atoms with Crippen LogP contribution in [0.25, 0.3) is 0 Å². The van der Waals surface area contributed by atoms with Crippen molar-refractivity contribution in [2.45, 2.75) is 45.3 Å². The molecular weight excluding hydrogens is 354 g/mol. The Morgan fingerprint density at radius 1 is 0.889 bits per heavy atom. The number of hydrogen-bond acceptors (Lipinski definition) is 3. The molecule has 3 nitrogen and oxygen atoms in total. The van der Waals surface area contributed by atoms with Gasteiger partial charge in [-0.05, 0) is 92.3 Å². The predicted molar refractivity (Wildman–Crippen MR) is 113 cm³/mol. The van der Waals surface area contributed by atoms with Gasteiger partial charge in [-0.1, -0.05) is 12.1 Å². The second-order valence-corrected chi connectivity index (χ2v) is 7.84. The average molecular weight is 380 g/mol. The van der Waals surface area contributed by atoms with Crippen molar-refractivity contribution < 1.29 is 9.21 Å². The number of benzene rings is 2. The van der Waals surface area contributed by atoms with Crippen LogP contribution >= 0.6 is 11.8 Å². The van der Waals surface area contributed by atoms with E-state index >= 15 is 0 Å². The number of rotatable bonds is 5. The van der Waals surface area contributed by atoms with E-state index in [0.717, 1.165) is 16.3 Å². The van der Waals surface area contributed by atoms with E-state index in [0.29, 0.717) is 5.76 Å². The number of thioether (sulfide) groups is 1. The Hall–Kier alpha value is -2.46. The van der Waals surface area contributed by atoms with Crippen molar-refractivity contribution in [1.29, 1.82) is 0 Å². The normalized spacial score (nSPS) is 10.9. The van der Waals surface area contributed by atoms with Crippen LogP contribution in [0.15, 0.2) is 52.0 Å². The Morgan fingerprint density at radius 2 is 1.52 bits per heavy atom. The zero-order valence-electron chi connectivity index (χ0n) is 16.5. The highest BCUT2D eigenvalue weighted by Crippen LogP contribution is 2.34. The molecule has 0 saturated carbocycles. The summed E-state index contributed by atoms with van der Waals surface area (Å²) in [6, 6.07) is 11.3. The predicted octanol–water partition coefficient (Wildman–Crippen LogP) is 6.37. The molecule has 0 spiro atoms. The highest BCUT2D eigenvalue weighted by molar-refractivity contribution is 7.98. The number of amides is 1. The quantitative estimate of drug-likeness (QED) is 0.524. The van der Waals surface area contributed by atoms with Crippen LogP contribution in [0.2, 0.25) is 0 Å². The molecule has 140 valence electrons. The molecule has 1 heterocycles. The largest absolute Gasteiger partial charge is 0.459 e. The van der Waals surface area contributed by atoms with Crippen molar-refractivity contribution in [3.63, 3.8) is 0 Å². The maximum absolute atomic E-state index is 12.3. The first kappa shape index (κ1) is 19.3. The first-order valence-electron chi connectivity index (χ1n) is 9.02. The van der Waals surface area contributed by atoms with Gasteiger partial charge in [0.1, 0.15) is 0 Å². The number of nitrogens with one attached hydrogen (secondary N) is 1. The minimum absolute atomic E-state index is 0.234. The summed E-state index contributed by atoms with van der Waals surface area (Å²) in [7, 11) is 0. The van der Waals surface area contributed by atoms with Crippen molar-refractivity contribution in [1.82, 2.24) is 0 Å². The lowest BCUT2D eigenvalue weighted by Crippen LogP contribution is -2.11. The smallest absolute Gasteiger partial charge is 0.291 e. The lowest BCUT2D eigenvalue weighted by molar-refractivity contribution is 0.0996. The van der Waals surface area contributed by atoms with Crippen LogP contribution < -0.4 is 5.32 Å². The molecule has 1 amide bonds. The van der Waals surface area contributed by atoms with Gasteiger partial charge >= 0.3 is 0 Å². The molecule has 0 aliphatic heterocycles. The number of carbonyl (C=O) groups excluding carboxylic acids is 1.